The minimum atomic E-state index is 0.639. The SMILES string of the molecule is c1ccc(-c2nc(-c3ccc4ccccc4c3)nc(-c3cccc4c(-n5c6ccccc6c6cc7c8ccccc8n(-c8ccccc8)c7cc65)cc5c6ccccc6sc5c34)n2)cc1. The number of para-hydroxylation sites is 3. The second-order valence-corrected chi connectivity index (χ2v) is 17.8. The van der Waals surface area contributed by atoms with E-state index in [1.807, 2.05) is 29.5 Å². The Bertz CT molecular complexity index is 4240. The Morgan fingerprint density at radius 2 is 0.938 bits per heavy atom. The number of benzene rings is 10. The summed E-state index contributed by atoms with van der Waals surface area (Å²) < 4.78 is 7.36. The topological polar surface area (TPSA) is 48.5 Å². The summed E-state index contributed by atoms with van der Waals surface area (Å²) in [4.78, 5) is 15.9. The number of aromatic nitrogens is 5. The summed E-state index contributed by atoms with van der Waals surface area (Å²) >= 11 is 1.84. The summed E-state index contributed by atoms with van der Waals surface area (Å²) in [6, 6.07) is 76.2. The molecule has 0 fully saturated rings. The van der Waals surface area contributed by atoms with Crippen molar-refractivity contribution in [3.8, 4) is 45.5 Å². The molecule has 302 valence electrons. The molecule has 0 spiro atoms. The van der Waals surface area contributed by atoms with Crippen LogP contribution in [0.1, 0.15) is 0 Å². The standard InChI is InChI=1S/C59H35N5S/c1-3-17-37(18-4-1)57-60-58(39-31-30-36-16-7-8-19-38(36)32-39)62-59(61-57)45-26-15-25-44-51(34-48-43-24-11-14-29-54(43)65-56(48)55(44)45)64-50-28-13-10-23-42(50)47-33-46-41-22-9-12-27-49(41)63(52(46)35-53(47)64)40-20-5-2-6-21-40/h1-35H. The number of hydrogen-bond donors (Lipinski definition) is 0. The molecular weight excluding hydrogens is 811 g/mol. The third-order valence-corrected chi connectivity index (χ3v) is 14.3. The molecule has 4 heterocycles. The predicted molar refractivity (Wildman–Crippen MR) is 273 cm³/mol. The highest BCUT2D eigenvalue weighted by Gasteiger charge is 2.24. The van der Waals surface area contributed by atoms with Gasteiger partial charge in [-0.15, -0.1) is 11.3 Å². The van der Waals surface area contributed by atoms with Crippen LogP contribution in [0.25, 0.3) is 131 Å². The van der Waals surface area contributed by atoms with Gasteiger partial charge in [-0.3, -0.25) is 0 Å². The van der Waals surface area contributed by atoms with Crippen molar-refractivity contribution >= 4 is 96.7 Å². The van der Waals surface area contributed by atoms with Gasteiger partial charge in [0, 0.05) is 74.9 Å². The first kappa shape index (κ1) is 36.1. The summed E-state index contributed by atoms with van der Waals surface area (Å²) in [5.74, 6) is 1.92. The molecule has 4 aromatic heterocycles. The van der Waals surface area contributed by atoms with Crippen molar-refractivity contribution in [1.82, 2.24) is 24.1 Å². The summed E-state index contributed by atoms with van der Waals surface area (Å²) in [6.07, 6.45) is 0. The Morgan fingerprint density at radius 3 is 1.72 bits per heavy atom. The second-order valence-electron chi connectivity index (χ2n) is 16.8. The molecule has 10 aromatic carbocycles. The summed E-state index contributed by atoms with van der Waals surface area (Å²) in [6.45, 7) is 0. The van der Waals surface area contributed by atoms with Gasteiger partial charge in [0.1, 0.15) is 0 Å². The van der Waals surface area contributed by atoms with Crippen molar-refractivity contribution in [1.29, 1.82) is 0 Å². The van der Waals surface area contributed by atoms with Gasteiger partial charge >= 0.3 is 0 Å². The lowest BCUT2D eigenvalue weighted by Gasteiger charge is -2.16. The van der Waals surface area contributed by atoms with Gasteiger partial charge in [0.2, 0.25) is 0 Å². The number of thiophene rings is 1. The van der Waals surface area contributed by atoms with E-state index in [4.69, 9.17) is 15.0 Å². The molecular formula is C59H35N5S. The molecule has 14 aromatic rings. The zero-order valence-electron chi connectivity index (χ0n) is 34.9. The van der Waals surface area contributed by atoms with E-state index < -0.39 is 0 Å². The van der Waals surface area contributed by atoms with Crippen molar-refractivity contribution in [3.05, 3.63) is 212 Å². The van der Waals surface area contributed by atoms with Crippen LogP contribution in [0, 0.1) is 0 Å². The minimum Gasteiger partial charge on any atom is -0.309 e. The van der Waals surface area contributed by atoms with Gasteiger partial charge in [-0.2, -0.15) is 0 Å². The average Bonchev–Trinajstić information content (AvgIpc) is 4.02. The molecule has 0 aliphatic carbocycles. The number of rotatable bonds is 5. The summed E-state index contributed by atoms with van der Waals surface area (Å²) in [7, 11) is 0. The van der Waals surface area contributed by atoms with Gasteiger partial charge in [0.05, 0.1) is 27.8 Å². The summed E-state index contributed by atoms with van der Waals surface area (Å²) in [5, 5.41) is 11.9. The normalized spacial score (nSPS) is 12.0. The molecule has 0 saturated carbocycles. The lowest BCUT2D eigenvalue weighted by atomic mass is 9.98. The van der Waals surface area contributed by atoms with Crippen molar-refractivity contribution in [2.75, 3.05) is 0 Å². The molecule has 0 saturated heterocycles. The van der Waals surface area contributed by atoms with Gasteiger partial charge in [-0.25, -0.2) is 15.0 Å². The third-order valence-electron chi connectivity index (χ3n) is 13.1. The molecule has 0 amide bonds. The quantitative estimate of drug-likeness (QED) is 0.173. The van der Waals surface area contributed by atoms with Crippen molar-refractivity contribution in [2.45, 2.75) is 0 Å². The molecule has 0 N–H and O–H groups in total. The average molecular weight is 846 g/mol. The molecule has 0 unspecified atom stereocenters. The molecule has 0 aliphatic rings. The number of hydrogen-bond acceptors (Lipinski definition) is 4. The smallest absolute Gasteiger partial charge is 0.164 e. The third kappa shape index (κ3) is 5.48. The van der Waals surface area contributed by atoms with Crippen LogP contribution in [0.15, 0.2) is 212 Å². The van der Waals surface area contributed by atoms with Crippen molar-refractivity contribution < 1.29 is 0 Å². The Labute approximate surface area is 376 Å². The van der Waals surface area contributed by atoms with Crippen LogP contribution in [0.2, 0.25) is 0 Å². The van der Waals surface area contributed by atoms with Gasteiger partial charge in [-0.1, -0.05) is 158 Å². The van der Waals surface area contributed by atoms with Crippen LogP contribution in [0.5, 0.6) is 0 Å². The molecule has 0 aliphatic heterocycles. The highest BCUT2D eigenvalue weighted by molar-refractivity contribution is 7.26. The predicted octanol–water partition coefficient (Wildman–Crippen LogP) is 15.7. The Hall–Kier alpha value is -8.45. The van der Waals surface area contributed by atoms with Crippen LogP contribution in [0.4, 0.5) is 0 Å². The lowest BCUT2D eigenvalue weighted by Crippen LogP contribution is -2.01. The van der Waals surface area contributed by atoms with Gasteiger partial charge < -0.3 is 9.13 Å². The Morgan fingerprint density at radius 1 is 0.338 bits per heavy atom. The van der Waals surface area contributed by atoms with Crippen LogP contribution < -0.4 is 0 Å². The Balaban J connectivity index is 1.10. The zero-order chi connectivity index (χ0) is 42.6. The van der Waals surface area contributed by atoms with E-state index in [9.17, 15) is 0 Å². The van der Waals surface area contributed by atoms with Crippen LogP contribution in [-0.4, -0.2) is 24.1 Å². The minimum absolute atomic E-state index is 0.639. The van der Waals surface area contributed by atoms with E-state index in [0.717, 1.165) is 55.3 Å². The van der Waals surface area contributed by atoms with Gasteiger partial charge in [0.25, 0.3) is 0 Å². The lowest BCUT2D eigenvalue weighted by molar-refractivity contribution is 1.08. The van der Waals surface area contributed by atoms with Gasteiger partial charge in [-0.05, 0) is 65.4 Å². The molecule has 0 radical (unpaired) electrons. The van der Waals surface area contributed by atoms with Crippen molar-refractivity contribution in [3.63, 3.8) is 0 Å². The molecule has 0 atom stereocenters. The maximum Gasteiger partial charge on any atom is 0.164 e. The molecule has 6 heteroatoms. The highest BCUT2D eigenvalue weighted by Crippen LogP contribution is 2.47. The van der Waals surface area contributed by atoms with E-state index in [-0.39, 0.29) is 0 Å². The zero-order valence-corrected chi connectivity index (χ0v) is 35.7. The fourth-order valence-electron chi connectivity index (χ4n) is 10.2. The highest BCUT2D eigenvalue weighted by atomic mass is 32.1. The van der Waals surface area contributed by atoms with E-state index >= 15 is 0 Å². The van der Waals surface area contributed by atoms with E-state index in [1.54, 1.807) is 0 Å². The maximum absolute atomic E-state index is 5.38. The second kappa shape index (κ2) is 14.0. The van der Waals surface area contributed by atoms with E-state index in [1.165, 1.54) is 58.1 Å². The first-order chi connectivity index (χ1) is 32.2. The monoisotopic (exact) mass is 845 g/mol. The Kier molecular flexibility index (Phi) is 7.79. The van der Waals surface area contributed by atoms with Crippen LogP contribution in [0.3, 0.4) is 0 Å². The molecule has 14 rings (SSSR count). The molecule has 65 heavy (non-hydrogen) atoms. The fraction of sp³-hybridized carbons (Fsp3) is 0. The molecule has 0 bridgehead atoms. The fourth-order valence-corrected chi connectivity index (χ4v) is 11.5. The van der Waals surface area contributed by atoms with E-state index in [2.05, 4.69) is 203 Å². The maximum atomic E-state index is 5.38. The molecule has 5 nitrogen and oxygen atoms in total. The first-order valence-electron chi connectivity index (χ1n) is 21.9. The largest absolute Gasteiger partial charge is 0.309 e. The van der Waals surface area contributed by atoms with E-state index in [0.29, 0.717) is 17.5 Å². The first-order valence-corrected chi connectivity index (χ1v) is 22.8. The van der Waals surface area contributed by atoms with Gasteiger partial charge in [0.15, 0.2) is 17.5 Å². The van der Waals surface area contributed by atoms with Crippen molar-refractivity contribution in [2.24, 2.45) is 0 Å². The van der Waals surface area contributed by atoms with Crippen LogP contribution >= 0.6 is 11.3 Å². The van der Waals surface area contributed by atoms with Crippen LogP contribution in [-0.2, 0) is 0 Å². The summed E-state index contributed by atoms with van der Waals surface area (Å²) in [5.41, 5.74) is 9.76. The number of nitrogens with zero attached hydrogens (tertiary/aromatic N) is 5. The number of fused-ring (bicyclic) bond motifs is 12.